The molecule has 0 bridgehead atoms. The summed E-state index contributed by atoms with van der Waals surface area (Å²) in [5.74, 6) is 0.491. The fraction of sp³-hybridized carbons (Fsp3) is 0.600. The van der Waals surface area contributed by atoms with Gasteiger partial charge in [0.1, 0.15) is 12.4 Å². The fourth-order valence-corrected chi connectivity index (χ4v) is 1.67. The molecule has 1 unspecified atom stereocenters. The Labute approximate surface area is 104 Å². The van der Waals surface area contributed by atoms with Crippen LogP contribution in [0.5, 0.6) is 0 Å². The Kier molecular flexibility index (Phi) is 3.88. The van der Waals surface area contributed by atoms with E-state index in [0.29, 0.717) is 25.3 Å². The minimum atomic E-state index is -0.362. The molecule has 0 aromatic carbocycles. The van der Waals surface area contributed by atoms with Crippen molar-refractivity contribution in [2.45, 2.75) is 12.5 Å². The molecule has 1 atom stereocenters. The number of carbonyl (C=O) groups excluding carboxylic acids is 2. The number of nitrogens with one attached hydrogen (secondary N) is 3. The molecule has 1 aliphatic rings. The van der Waals surface area contributed by atoms with Gasteiger partial charge in [0.25, 0.3) is 0 Å². The highest BCUT2D eigenvalue weighted by molar-refractivity contribution is 5.86. The average molecular weight is 252 g/mol. The Morgan fingerprint density at radius 1 is 1.67 bits per heavy atom. The molecule has 2 heterocycles. The van der Waals surface area contributed by atoms with Crippen molar-refractivity contribution in [2.24, 2.45) is 7.05 Å². The smallest absolute Gasteiger partial charge is 0.238 e. The monoisotopic (exact) mass is 252 g/mol. The normalized spacial score (nSPS) is 19.4. The van der Waals surface area contributed by atoms with Crippen LogP contribution in [0.25, 0.3) is 0 Å². The Bertz CT molecular complexity index is 433. The summed E-state index contributed by atoms with van der Waals surface area (Å²) in [4.78, 5) is 26.7. The van der Waals surface area contributed by atoms with E-state index in [4.69, 9.17) is 0 Å². The van der Waals surface area contributed by atoms with Crippen molar-refractivity contribution in [3.8, 4) is 0 Å². The van der Waals surface area contributed by atoms with E-state index in [0.717, 1.165) is 0 Å². The third kappa shape index (κ3) is 3.27. The number of piperazine rings is 1. The molecule has 3 N–H and O–H groups in total. The van der Waals surface area contributed by atoms with Crippen molar-refractivity contribution < 1.29 is 9.59 Å². The second-order valence-electron chi connectivity index (χ2n) is 4.11. The van der Waals surface area contributed by atoms with Gasteiger partial charge in [-0.2, -0.15) is 5.10 Å². The lowest BCUT2D eigenvalue weighted by molar-refractivity contribution is -0.126. The van der Waals surface area contributed by atoms with Gasteiger partial charge in [-0.25, -0.2) is 4.98 Å². The third-order valence-electron chi connectivity index (χ3n) is 2.62. The topological polar surface area (TPSA) is 101 Å². The van der Waals surface area contributed by atoms with Gasteiger partial charge >= 0.3 is 0 Å². The van der Waals surface area contributed by atoms with E-state index in [2.05, 4.69) is 26.0 Å². The summed E-state index contributed by atoms with van der Waals surface area (Å²) in [6.07, 6.45) is 2.21. The first-order valence-electron chi connectivity index (χ1n) is 5.77. The number of carbonyl (C=O) groups is 2. The van der Waals surface area contributed by atoms with Crippen molar-refractivity contribution in [2.75, 3.05) is 19.6 Å². The predicted octanol–water partition coefficient (Wildman–Crippen LogP) is -2.44. The van der Waals surface area contributed by atoms with Crippen LogP contribution in [-0.4, -0.2) is 52.3 Å². The fourth-order valence-electron chi connectivity index (χ4n) is 1.67. The van der Waals surface area contributed by atoms with Crippen LogP contribution in [0.1, 0.15) is 5.82 Å². The summed E-state index contributed by atoms with van der Waals surface area (Å²) >= 11 is 0. The van der Waals surface area contributed by atoms with Crippen molar-refractivity contribution in [1.82, 2.24) is 30.7 Å². The summed E-state index contributed by atoms with van der Waals surface area (Å²) in [7, 11) is 1.80. The second-order valence-corrected chi connectivity index (χ2v) is 4.11. The van der Waals surface area contributed by atoms with Crippen LogP contribution in [0, 0.1) is 0 Å². The molecule has 1 aromatic rings. The Balaban J connectivity index is 1.70. The molecule has 18 heavy (non-hydrogen) atoms. The van der Waals surface area contributed by atoms with Crippen LogP contribution >= 0.6 is 0 Å². The first kappa shape index (κ1) is 12.5. The summed E-state index contributed by atoms with van der Waals surface area (Å²) < 4.78 is 1.62. The standard InChI is InChI=1S/C10H16N6O2/c1-16-6-14-8(15-16)2-3-11-10(18)7-4-13-9(17)5-12-7/h6-7,12H,2-5H2,1H3,(H,11,18)(H,13,17). The number of hydrogen-bond acceptors (Lipinski definition) is 5. The molecular formula is C10H16N6O2. The van der Waals surface area contributed by atoms with Gasteiger partial charge in [-0.1, -0.05) is 0 Å². The molecular weight excluding hydrogens is 236 g/mol. The van der Waals surface area contributed by atoms with E-state index in [-0.39, 0.29) is 24.4 Å². The maximum atomic E-state index is 11.7. The van der Waals surface area contributed by atoms with Crippen LogP contribution in [0.2, 0.25) is 0 Å². The van der Waals surface area contributed by atoms with Crippen molar-refractivity contribution >= 4 is 11.8 Å². The average Bonchev–Trinajstić information content (AvgIpc) is 2.76. The number of nitrogens with zero attached hydrogens (tertiary/aromatic N) is 3. The van der Waals surface area contributed by atoms with Crippen LogP contribution in [-0.2, 0) is 23.1 Å². The number of aryl methyl sites for hydroxylation is 1. The van der Waals surface area contributed by atoms with Crippen molar-refractivity contribution in [3.63, 3.8) is 0 Å². The zero-order chi connectivity index (χ0) is 13.0. The highest BCUT2D eigenvalue weighted by Crippen LogP contribution is 1.91. The molecule has 1 fully saturated rings. The number of amides is 2. The van der Waals surface area contributed by atoms with Crippen LogP contribution in [0.3, 0.4) is 0 Å². The quantitative estimate of drug-likeness (QED) is 0.553. The molecule has 0 spiro atoms. The van der Waals surface area contributed by atoms with E-state index in [1.54, 1.807) is 18.1 Å². The SMILES string of the molecule is Cn1cnc(CCNC(=O)C2CNC(=O)CN2)n1. The van der Waals surface area contributed by atoms with Crippen LogP contribution in [0.15, 0.2) is 6.33 Å². The first-order valence-corrected chi connectivity index (χ1v) is 5.77. The van der Waals surface area contributed by atoms with Gasteiger partial charge in [0.2, 0.25) is 11.8 Å². The van der Waals surface area contributed by atoms with Gasteiger partial charge < -0.3 is 10.6 Å². The molecule has 0 radical (unpaired) electrons. The second kappa shape index (κ2) is 5.58. The van der Waals surface area contributed by atoms with E-state index in [1.807, 2.05) is 0 Å². The number of rotatable bonds is 4. The van der Waals surface area contributed by atoms with E-state index >= 15 is 0 Å². The Morgan fingerprint density at radius 3 is 3.11 bits per heavy atom. The largest absolute Gasteiger partial charge is 0.354 e. The van der Waals surface area contributed by atoms with Gasteiger partial charge in [-0.05, 0) is 0 Å². The number of aromatic nitrogens is 3. The molecule has 2 amide bonds. The van der Waals surface area contributed by atoms with Gasteiger partial charge in [0, 0.05) is 26.6 Å². The highest BCUT2D eigenvalue weighted by atomic mass is 16.2. The van der Waals surface area contributed by atoms with Crippen molar-refractivity contribution in [3.05, 3.63) is 12.2 Å². The van der Waals surface area contributed by atoms with Gasteiger partial charge in [0.15, 0.2) is 5.82 Å². The minimum absolute atomic E-state index is 0.0864. The number of hydrogen-bond donors (Lipinski definition) is 3. The minimum Gasteiger partial charge on any atom is -0.354 e. The van der Waals surface area contributed by atoms with E-state index < -0.39 is 0 Å². The van der Waals surface area contributed by atoms with Crippen molar-refractivity contribution in [1.29, 1.82) is 0 Å². The lowest BCUT2D eigenvalue weighted by Gasteiger charge is -2.22. The van der Waals surface area contributed by atoms with Crippen LogP contribution < -0.4 is 16.0 Å². The maximum absolute atomic E-state index is 11.7. The summed E-state index contributed by atoms with van der Waals surface area (Å²) in [6.45, 7) is 0.987. The van der Waals surface area contributed by atoms with E-state index in [1.165, 1.54) is 0 Å². The lowest BCUT2D eigenvalue weighted by atomic mass is 10.2. The van der Waals surface area contributed by atoms with E-state index in [9.17, 15) is 9.59 Å². The van der Waals surface area contributed by atoms with Gasteiger partial charge in [0.05, 0.1) is 6.54 Å². The zero-order valence-corrected chi connectivity index (χ0v) is 10.1. The molecule has 1 aliphatic heterocycles. The zero-order valence-electron chi connectivity index (χ0n) is 10.1. The molecule has 8 heteroatoms. The molecule has 2 rings (SSSR count). The molecule has 1 aromatic heterocycles. The van der Waals surface area contributed by atoms with Crippen LogP contribution in [0.4, 0.5) is 0 Å². The highest BCUT2D eigenvalue weighted by Gasteiger charge is 2.23. The van der Waals surface area contributed by atoms with Gasteiger partial charge in [-0.3, -0.25) is 19.6 Å². The lowest BCUT2D eigenvalue weighted by Crippen LogP contribution is -2.58. The Morgan fingerprint density at radius 2 is 2.50 bits per heavy atom. The summed E-state index contributed by atoms with van der Waals surface area (Å²) in [5.41, 5.74) is 0. The molecule has 98 valence electrons. The van der Waals surface area contributed by atoms with Gasteiger partial charge in [-0.15, -0.1) is 0 Å². The third-order valence-corrected chi connectivity index (χ3v) is 2.62. The summed E-state index contributed by atoms with van der Waals surface area (Å²) in [5, 5.41) is 12.4. The Hall–Kier alpha value is -1.96. The summed E-state index contributed by atoms with van der Waals surface area (Å²) in [6, 6.07) is -0.362. The maximum Gasteiger partial charge on any atom is 0.238 e. The first-order chi connectivity index (χ1) is 8.65. The molecule has 0 aliphatic carbocycles. The molecule has 8 nitrogen and oxygen atoms in total. The molecule has 1 saturated heterocycles. The predicted molar refractivity (Wildman–Crippen MR) is 62.5 cm³/mol. The molecule has 0 saturated carbocycles.